The van der Waals surface area contributed by atoms with Crippen LogP contribution >= 0.6 is 0 Å². The normalized spacial score (nSPS) is 17.8. The third-order valence-electron chi connectivity index (χ3n) is 7.45. The largest absolute Gasteiger partial charge is 0.458 e. The van der Waals surface area contributed by atoms with Crippen molar-refractivity contribution < 1.29 is 23.8 Å². The van der Waals surface area contributed by atoms with Crippen LogP contribution in [0.4, 0.5) is 4.39 Å². The number of fused-ring (bicyclic) bond motifs is 5. The fourth-order valence-electron chi connectivity index (χ4n) is 5.30. The predicted octanol–water partition coefficient (Wildman–Crippen LogP) is 1.92. The molecule has 37 heavy (non-hydrogen) atoms. The zero-order valence-corrected chi connectivity index (χ0v) is 20.8. The molecule has 0 bridgehead atoms. The molecule has 1 amide bonds. The number of hydrogen-bond donors (Lipinski definition) is 3. The first-order chi connectivity index (χ1) is 17.7. The van der Waals surface area contributed by atoms with Crippen LogP contribution in [0.1, 0.15) is 54.0 Å². The minimum atomic E-state index is -1.91. The lowest BCUT2D eigenvalue weighted by molar-refractivity contribution is -0.172. The van der Waals surface area contributed by atoms with Gasteiger partial charge in [-0.15, -0.1) is 0 Å². The number of nitrogens with zero attached hydrogens (tertiary/aromatic N) is 2. The lowest BCUT2D eigenvalue weighted by Gasteiger charge is -2.31. The highest BCUT2D eigenvalue weighted by molar-refractivity contribution is 5.89. The SMILES string of the molecule is CC[C@@]1(O)C(=O)OCc2c1cc1n(c2=O)Cc2c-1nc1cc(F)c(C)cc1c2CCCCNC(=O)CN. The number of rotatable bonds is 7. The van der Waals surface area contributed by atoms with Gasteiger partial charge in [-0.25, -0.2) is 14.2 Å². The summed E-state index contributed by atoms with van der Waals surface area (Å²) in [7, 11) is 0. The third kappa shape index (κ3) is 4.00. The van der Waals surface area contributed by atoms with Crippen molar-refractivity contribution in [2.24, 2.45) is 5.73 Å². The quantitative estimate of drug-likeness (QED) is 0.256. The molecule has 5 rings (SSSR count). The first kappa shape index (κ1) is 25.0. The molecule has 9 nitrogen and oxygen atoms in total. The van der Waals surface area contributed by atoms with E-state index in [1.807, 2.05) is 0 Å². The molecule has 2 aliphatic heterocycles. The molecule has 10 heteroatoms. The molecule has 0 saturated heterocycles. The van der Waals surface area contributed by atoms with E-state index in [0.29, 0.717) is 41.9 Å². The monoisotopic (exact) mass is 508 g/mol. The zero-order valence-electron chi connectivity index (χ0n) is 20.8. The van der Waals surface area contributed by atoms with Gasteiger partial charge in [-0.05, 0) is 55.9 Å². The number of carbonyl (C=O) groups excluding carboxylic acids is 2. The van der Waals surface area contributed by atoms with Crippen molar-refractivity contribution in [3.63, 3.8) is 0 Å². The average Bonchev–Trinajstić information content (AvgIpc) is 3.25. The Labute approximate surface area is 212 Å². The molecule has 3 aromatic rings. The second-order valence-corrected chi connectivity index (χ2v) is 9.65. The van der Waals surface area contributed by atoms with Crippen molar-refractivity contribution in [2.45, 2.75) is 58.3 Å². The van der Waals surface area contributed by atoms with Gasteiger partial charge in [-0.2, -0.15) is 0 Å². The van der Waals surface area contributed by atoms with Crippen LogP contribution < -0.4 is 16.6 Å². The Balaban J connectivity index is 1.62. The molecule has 2 aromatic heterocycles. The van der Waals surface area contributed by atoms with Gasteiger partial charge in [0.15, 0.2) is 5.60 Å². The van der Waals surface area contributed by atoms with Gasteiger partial charge < -0.3 is 25.5 Å². The number of carbonyl (C=O) groups is 2. The molecule has 4 N–H and O–H groups in total. The molecule has 4 heterocycles. The van der Waals surface area contributed by atoms with Crippen LogP contribution in [0.3, 0.4) is 0 Å². The van der Waals surface area contributed by atoms with Crippen LogP contribution in [-0.2, 0) is 39.5 Å². The van der Waals surface area contributed by atoms with Crippen LogP contribution in [0.25, 0.3) is 22.3 Å². The van der Waals surface area contributed by atoms with E-state index in [0.717, 1.165) is 22.9 Å². The van der Waals surface area contributed by atoms with E-state index in [-0.39, 0.29) is 54.5 Å². The minimum absolute atomic E-state index is 0.0518. The summed E-state index contributed by atoms with van der Waals surface area (Å²) in [5, 5.41) is 14.7. The van der Waals surface area contributed by atoms with Gasteiger partial charge in [0.2, 0.25) is 5.91 Å². The smallest absolute Gasteiger partial charge is 0.343 e. The van der Waals surface area contributed by atoms with Crippen LogP contribution in [0.15, 0.2) is 23.0 Å². The lowest BCUT2D eigenvalue weighted by atomic mass is 9.86. The molecule has 0 spiro atoms. The maximum absolute atomic E-state index is 14.5. The summed E-state index contributed by atoms with van der Waals surface area (Å²) >= 11 is 0. The zero-order chi connectivity index (χ0) is 26.5. The standard InChI is InChI=1S/C27H29FN4O5/c1-3-27(36)19-9-22-24-17(12-32(22)25(34)18(19)13-37-26(27)35)15(6-4-5-7-30-23(33)11-29)16-8-14(2)20(28)10-21(16)31-24/h8-10,36H,3-7,11-13,29H2,1-2H3,(H,30,33)/t27-/m0/s1. The number of benzene rings is 1. The second-order valence-electron chi connectivity index (χ2n) is 9.65. The van der Waals surface area contributed by atoms with E-state index >= 15 is 0 Å². The molecule has 1 atom stereocenters. The summed E-state index contributed by atoms with van der Waals surface area (Å²) in [6.45, 7) is 3.85. The molecule has 194 valence electrons. The Bertz CT molecular complexity index is 1520. The van der Waals surface area contributed by atoms with Crippen LogP contribution in [-0.4, -0.2) is 39.6 Å². The number of cyclic esters (lactones) is 1. The van der Waals surface area contributed by atoms with Gasteiger partial charge in [-0.1, -0.05) is 6.92 Å². The summed E-state index contributed by atoms with van der Waals surface area (Å²) in [6.07, 6.45) is 2.14. The Hall–Kier alpha value is -3.63. The fraction of sp³-hybridized carbons (Fsp3) is 0.407. The first-order valence-corrected chi connectivity index (χ1v) is 12.4. The molecule has 0 unspecified atom stereocenters. The Morgan fingerprint density at radius 3 is 2.78 bits per heavy atom. The number of ether oxygens (including phenoxy) is 1. The molecular weight excluding hydrogens is 479 g/mol. The highest BCUT2D eigenvalue weighted by Gasteiger charge is 2.45. The summed E-state index contributed by atoms with van der Waals surface area (Å²) in [5.41, 5.74) is 7.40. The summed E-state index contributed by atoms with van der Waals surface area (Å²) < 4.78 is 21.3. The van der Waals surface area contributed by atoms with Crippen LogP contribution in [0.5, 0.6) is 0 Å². The molecule has 2 aliphatic rings. The van der Waals surface area contributed by atoms with E-state index < -0.39 is 11.6 Å². The second kappa shape index (κ2) is 9.35. The number of esters is 1. The summed E-state index contributed by atoms with van der Waals surface area (Å²) in [4.78, 5) is 42.1. The van der Waals surface area contributed by atoms with Crippen molar-refractivity contribution in [3.8, 4) is 11.4 Å². The highest BCUT2D eigenvalue weighted by atomic mass is 19.1. The van der Waals surface area contributed by atoms with Gasteiger partial charge in [-0.3, -0.25) is 9.59 Å². The third-order valence-corrected chi connectivity index (χ3v) is 7.45. The van der Waals surface area contributed by atoms with Gasteiger partial charge in [0.1, 0.15) is 12.4 Å². The molecule has 0 saturated carbocycles. The minimum Gasteiger partial charge on any atom is -0.458 e. The van der Waals surface area contributed by atoms with Crippen molar-refractivity contribution in [3.05, 3.63) is 62.2 Å². The lowest BCUT2D eigenvalue weighted by Crippen LogP contribution is -2.44. The van der Waals surface area contributed by atoms with E-state index in [1.165, 1.54) is 6.07 Å². The van der Waals surface area contributed by atoms with Crippen molar-refractivity contribution >= 4 is 22.8 Å². The number of unbranched alkanes of at least 4 members (excludes halogenated alkanes) is 1. The van der Waals surface area contributed by atoms with Crippen molar-refractivity contribution in [1.82, 2.24) is 14.9 Å². The van der Waals surface area contributed by atoms with Gasteiger partial charge in [0.25, 0.3) is 5.56 Å². The van der Waals surface area contributed by atoms with E-state index in [4.69, 9.17) is 15.5 Å². The number of aliphatic hydroxyl groups is 1. The predicted molar refractivity (Wildman–Crippen MR) is 134 cm³/mol. The van der Waals surface area contributed by atoms with E-state index in [1.54, 1.807) is 30.5 Å². The number of hydrogen-bond acceptors (Lipinski definition) is 7. The average molecular weight is 509 g/mol. The number of aryl methyl sites for hydroxylation is 2. The number of halogens is 1. The maximum atomic E-state index is 14.5. The topological polar surface area (TPSA) is 137 Å². The van der Waals surface area contributed by atoms with Crippen molar-refractivity contribution in [2.75, 3.05) is 13.1 Å². The molecule has 0 radical (unpaired) electrons. The van der Waals surface area contributed by atoms with Gasteiger partial charge >= 0.3 is 5.97 Å². The van der Waals surface area contributed by atoms with Gasteiger partial charge in [0, 0.05) is 29.1 Å². The van der Waals surface area contributed by atoms with E-state index in [9.17, 15) is 23.9 Å². The highest BCUT2D eigenvalue weighted by Crippen LogP contribution is 2.40. The Kier molecular flexibility index (Phi) is 6.33. The number of amides is 1. The van der Waals surface area contributed by atoms with Crippen LogP contribution in [0.2, 0.25) is 0 Å². The number of pyridine rings is 2. The number of aromatic nitrogens is 2. The first-order valence-electron chi connectivity index (χ1n) is 12.4. The molecule has 0 aliphatic carbocycles. The Morgan fingerprint density at radius 2 is 2.05 bits per heavy atom. The molecular formula is C27H29FN4O5. The van der Waals surface area contributed by atoms with Gasteiger partial charge in [0.05, 0.1) is 35.6 Å². The fourth-order valence-corrected chi connectivity index (χ4v) is 5.30. The number of nitrogens with one attached hydrogen (secondary N) is 1. The Morgan fingerprint density at radius 1 is 1.27 bits per heavy atom. The van der Waals surface area contributed by atoms with Crippen molar-refractivity contribution in [1.29, 1.82) is 0 Å². The molecule has 0 fully saturated rings. The summed E-state index contributed by atoms with van der Waals surface area (Å²) in [5.74, 6) is -1.37. The van der Waals surface area contributed by atoms with E-state index in [2.05, 4.69) is 5.32 Å². The summed E-state index contributed by atoms with van der Waals surface area (Å²) in [6, 6.07) is 4.83. The van der Waals surface area contributed by atoms with Crippen LogP contribution in [0, 0.1) is 12.7 Å². The molecule has 1 aromatic carbocycles. The maximum Gasteiger partial charge on any atom is 0.343 e. The number of nitrogens with two attached hydrogens (primary N) is 1.